The summed E-state index contributed by atoms with van der Waals surface area (Å²) in [6.45, 7) is 0. The van der Waals surface area contributed by atoms with Gasteiger partial charge in [0.25, 0.3) is 0 Å². The molecule has 0 radical (unpaired) electrons. The van der Waals surface area contributed by atoms with Gasteiger partial charge in [-0.05, 0) is 23.3 Å². The van der Waals surface area contributed by atoms with E-state index in [4.69, 9.17) is 20.7 Å². The Hall–Kier alpha value is -3.38. The fourth-order valence-corrected chi connectivity index (χ4v) is 1.31. The highest BCUT2D eigenvalue weighted by molar-refractivity contribution is 5.97. The minimum atomic E-state index is -1.32. The van der Waals surface area contributed by atoms with Gasteiger partial charge in [0.05, 0.1) is 0 Å². The smallest absolute Gasteiger partial charge is 0.346 e. The molecule has 0 fully saturated rings. The molecule has 0 aliphatic heterocycles. The van der Waals surface area contributed by atoms with Crippen LogP contribution in [0.3, 0.4) is 0 Å². The molecule has 0 unspecified atom stereocenters. The molecule has 0 atom stereocenters. The van der Waals surface area contributed by atoms with Crippen molar-refractivity contribution in [1.29, 1.82) is 10.5 Å². The van der Waals surface area contributed by atoms with E-state index in [-0.39, 0.29) is 0 Å². The largest absolute Gasteiger partial charge is 0.477 e. The highest BCUT2D eigenvalue weighted by Gasteiger charge is 2.07. The summed E-state index contributed by atoms with van der Waals surface area (Å²) >= 11 is 0. The van der Waals surface area contributed by atoms with Gasteiger partial charge in [0.15, 0.2) is 0 Å². The Labute approximate surface area is 114 Å². The zero-order chi connectivity index (χ0) is 15.1. The summed E-state index contributed by atoms with van der Waals surface area (Å²) in [5.74, 6) is -2.65. The molecule has 0 aromatic heterocycles. The molecule has 0 saturated carbocycles. The predicted molar refractivity (Wildman–Crippen MR) is 68.9 cm³/mol. The zero-order valence-corrected chi connectivity index (χ0v) is 10.1. The van der Waals surface area contributed by atoms with Gasteiger partial charge in [0.1, 0.15) is 23.3 Å². The number of hydrogen-bond acceptors (Lipinski definition) is 4. The van der Waals surface area contributed by atoms with Crippen LogP contribution < -0.4 is 0 Å². The molecule has 6 heteroatoms. The van der Waals surface area contributed by atoms with Crippen molar-refractivity contribution in [3.8, 4) is 12.1 Å². The number of carboxylic acid groups (broad SMARTS) is 2. The summed E-state index contributed by atoms with van der Waals surface area (Å²) < 4.78 is 0. The summed E-state index contributed by atoms with van der Waals surface area (Å²) in [6, 6.07) is 9.17. The van der Waals surface area contributed by atoms with Crippen LogP contribution in [0, 0.1) is 22.7 Å². The third-order valence-corrected chi connectivity index (χ3v) is 2.26. The van der Waals surface area contributed by atoms with Crippen molar-refractivity contribution in [3.63, 3.8) is 0 Å². The highest BCUT2D eigenvalue weighted by atomic mass is 16.4. The summed E-state index contributed by atoms with van der Waals surface area (Å²) in [5, 5.41) is 34.6. The molecule has 0 aliphatic rings. The molecule has 0 bridgehead atoms. The van der Waals surface area contributed by atoms with E-state index in [0.717, 1.165) is 0 Å². The minimum absolute atomic E-state index is 0.406. The van der Waals surface area contributed by atoms with Gasteiger partial charge < -0.3 is 10.2 Å². The van der Waals surface area contributed by atoms with Gasteiger partial charge in [-0.2, -0.15) is 10.5 Å². The van der Waals surface area contributed by atoms with Crippen molar-refractivity contribution in [2.45, 2.75) is 0 Å². The molecule has 0 heterocycles. The highest BCUT2D eigenvalue weighted by Crippen LogP contribution is 2.12. The Balaban J connectivity index is 3.08. The number of rotatable bonds is 4. The SMILES string of the molecule is N#C/C(=C/c1ccc(/C=C(/C#N)C(=O)O)cc1)C(=O)O. The molecule has 1 rings (SSSR count). The van der Waals surface area contributed by atoms with Crippen LogP contribution in [0.4, 0.5) is 0 Å². The Morgan fingerprint density at radius 1 is 0.850 bits per heavy atom. The normalized spacial score (nSPS) is 11.3. The van der Waals surface area contributed by atoms with Crippen LogP contribution in [0.5, 0.6) is 0 Å². The van der Waals surface area contributed by atoms with E-state index in [1.54, 1.807) is 12.1 Å². The summed E-state index contributed by atoms with van der Waals surface area (Å²) in [4.78, 5) is 21.3. The summed E-state index contributed by atoms with van der Waals surface area (Å²) in [7, 11) is 0. The van der Waals surface area contributed by atoms with Gasteiger partial charge in [0.2, 0.25) is 0 Å². The number of aliphatic carboxylic acids is 2. The lowest BCUT2D eigenvalue weighted by atomic mass is 10.1. The Bertz CT molecular complexity index is 624. The molecular formula is C14H8N2O4. The van der Waals surface area contributed by atoms with E-state index in [1.807, 2.05) is 0 Å². The van der Waals surface area contributed by atoms with E-state index < -0.39 is 23.1 Å². The van der Waals surface area contributed by atoms with E-state index in [1.165, 1.54) is 36.4 Å². The second-order valence-corrected chi connectivity index (χ2v) is 3.62. The Morgan fingerprint density at radius 2 is 1.15 bits per heavy atom. The van der Waals surface area contributed by atoms with Crippen LogP contribution in [0.25, 0.3) is 12.2 Å². The average molecular weight is 268 g/mol. The molecule has 0 aliphatic carbocycles. The topological polar surface area (TPSA) is 122 Å². The summed E-state index contributed by atoms with van der Waals surface area (Å²) in [5.41, 5.74) is 0.151. The van der Waals surface area contributed by atoms with Crippen LogP contribution in [0.15, 0.2) is 35.4 Å². The van der Waals surface area contributed by atoms with Crippen molar-refractivity contribution in [3.05, 3.63) is 46.5 Å². The number of carbonyl (C=O) groups is 2. The second kappa shape index (κ2) is 6.53. The first-order valence-electron chi connectivity index (χ1n) is 5.28. The standard InChI is InChI=1S/C14H8N2O4/c15-7-11(13(17)18)5-9-1-2-10(4-3-9)6-12(8-16)14(19)20/h1-6H,(H,17,18)(H,19,20)/b11-5-,12-6-. The lowest BCUT2D eigenvalue weighted by Crippen LogP contribution is -1.98. The molecule has 6 nitrogen and oxygen atoms in total. The van der Waals surface area contributed by atoms with Crippen LogP contribution in [-0.4, -0.2) is 22.2 Å². The van der Waals surface area contributed by atoms with Gasteiger partial charge in [-0.25, -0.2) is 9.59 Å². The molecule has 2 N–H and O–H groups in total. The zero-order valence-electron chi connectivity index (χ0n) is 10.1. The maximum absolute atomic E-state index is 10.7. The van der Waals surface area contributed by atoms with Gasteiger partial charge >= 0.3 is 11.9 Å². The molecule has 0 amide bonds. The molecule has 20 heavy (non-hydrogen) atoms. The van der Waals surface area contributed by atoms with Gasteiger partial charge in [0, 0.05) is 0 Å². The van der Waals surface area contributed by atoms with Crippen molar-refractivity contribution < 1.29 is 19.8 Å². The van der Waals surface area contributed by atoms with Gasteiger partial charge in [-0.15, -0.1) is 0 Å². The first-order valence-corrected chi connectivity index (χ1v) is 5.28. The molecule has 1 aromatic rings. The Kier molecular flexibility index (Phi) is 4.79. The molecule has 98 valence electrons. The van der Waals surface area contributed by atoms with Crippen LogP contribution >= 0.6 is 0 Å². The maximum atomic E-state index is 10.7. The lowest BCUT2D eigenvalue weighted by Gasteiger charge is -1.97. The van der Waals surface area contributed by atoms with Crippen molar-refractivity contribution in [2.24, 2.45) is 0 Å². The molecule has 0 saturated heterocycles. The molecular weight excluding hydrogens is 260 g/mol. The van der Waals surface area contributed by atoms with Crippen molar-refractivity contribution >= 4 is 24.1 Å². The molecule has 1 aromatic carbocycles. The number of nitrogens with zero attached hydrogens (tertiary/aromatic N) is 2. The average Bonchev–Trinajstić information content (AvgIpc) is 2.42. The fraction of sp³-hybridized carbons (Fsp3) is 0. The second-order valence-electron chi connectivity index (χ2n) is 3.62. The van der Waals surface area contributed by atoms with Gasteiger partial charge in [-0.1, -0.05) is 24.3 Å². The number of benzene rings is 1. The van der Waals surface area contributed by atoms with Crippen LogP contribution in [0.2, 0.25) is 0 Å². The quantitative estimate of drug-likeness (QED) is 0.632. The fourth-order valence-electron chi connectivity index (χ4n) is 1.31. The molecule has 0 spiro atoms. The maximum Gasteiger partial charge on any atom is 0.346 e. The van der Waals surface area contributed by atoms with E-state index >= 15 is 0 Å². The van der Waals surface area contributed by atoms with E-state index in [0.29, 0.717) is 11.1 Å². The van der Waals surface area contributed by atoms with Crippen LogP contribution in [-0.2, 0) is 9.59 Å². The number of hydrogen-bond donors (Lipinski definition) is 2. The number of nitriles is 2. The third kappa shape index (κ3) is 3.83. The predicted octanol–water partition coefficient (Wildman–Crippen LogP) is 1.67. The lowest BCUT2D eigenvalue weighted by molar-refractivity contribution is -0.133. The monoisotopic (exact) mass is 268 g/mol. The first-order chi connectivity index (χ1) is 9.47. The van der Waals surface area contributed by atoms with Crippen LogP contribution in [0.1, 0.15) is 11.1 Å². The van der Waals surface area contributed by atoms with Crippen molar-refractivity contribution in [2.75, 3.05) is 0 Å². The van der Waals surface area contributed by atoms with E-state index in [2.05, 4.69) is 0 Å². The Morgan fingerprint density at radius 3 is 1.35 bits per heavy atom. The summed E-state index contributed by atoms with van der Waals surface area (Å²) in [6.07, 6.45) is 2.39. The minimum Gasteiger partial charge on any atom is -0.477 e. The third-order valence-electron chi connectivity index (χ3n) is 2.26. The first kappa shape index (κ1) is 14.7. The van der Waals surface area contributed by atoms with Crippen molar-refractivity contribution in [1.82, 2.24) is 0 Å². The number of carboxylic acids is 2. The van der Waals surface area contributed by atoms with Gasteiger partial charge in [-0.3, -0.25) is 0 Å². The van der Waals surface area contributed by atoms with E-state index in [9.17, 15) is 9.59 Å².